The fourth-order valence-corrected chi connectivity index (χ4v) is 3.32. The van der Waals surface area contributed by atoms with Gasteiger partial charge in [-0.2, -0.15) is 0 Å². The van der Waals surface area contributed by atoms with E-state index in [1.165, 1.54) is 21.6 Å². The minimum absolute atomic E-state index is 0.743. The van der Waals surface area contributed by atoms with Crippen molar-refractivity contribution in [2.24, 2.45) is 0 Å². The smallest absolute Gasteiger partial charge is 0.176 e. The van der Waals surface area contributed by atoms with Gasteiger partial charge in [0.05, 0.1) is 0 Å². The molecule has 0 saturated heterocycles. The zero-order chi connectivity index (χ0) is 6.97. The molecular formula is C5H6N2S3. The third-order valence-corrected chi connectivity index (χ3v) is 3.83. The van der Waals surface area contributed by atoms with Gasteiger partial charge in [-0.25, -0.2) is 0 Å². The van der Waals surface area contributed by atoms with Crippen molar-refractivity contribution in [2.75, 3.05) is 11.5 Å². The van der Waals surface area contributed by atoms with E-state index in [1.807, 2.05) is 23.5 Å². The molecule has 0 atom stereocenters. The lowest BCUT2D eigenvalue weighted by molar-refractivity contribution is 1.07. The van der Waals surface area contributed by atoms with Crippen LogP contribution in [0.25, 0.3) is 0 Å². The van der Waals surface area contributed by atoms with Crippen LogP contribution in [0.1, 0.15) is 0 Å². The Labute approximate surface area is 72.2 Å². The Bertz CT molecular complexity index is 261. The Morgan fingerprint density at radius 3 is 2.10 bits per heavy atom. The molecule has 1 aliphatic rings. The van der Waals surface area contributed by atoms with Gasteiger partial charge in [0, 0.05) is 11.5 Å². The minimum atomic E-state index is 0.743. The van der Waals surface area contributed by atoms with Gasteiger partial charge in [-0.3, -0.25) is 0 Å². The quantitative estimate of drug-likeness (QED) is 0.615. The maximum absolute atomic E-state index is 4.94. The average molecular weight is 190 g/mol. The molecule has 2 nitrogen and oxygen atoms in total. The molecule has 0 spiro atoms. The zero-order valence-corrected chi connectivity index (χ0v) is 7.59. The van der Waals surface area contributed by atoms with Crippen molar-refractivity contribution in [3.05, 3.63) is 4.77 Å². The molecule has 0 aliphatic carbocycles. The van der Waals surface area contributed by atoms with Crippen molar-refractivity contribution in [3.63, 3.8) is 0 Å². The number of aromatic nitrogens is 2. The van der Waals surface area contributed by atoms with Crippen LogP contribution < -0.4 is 0 Å². The zero-order valence-electron chi connectivity index (χ0n) is 5.14. The van der Waals surface area contributed by atoms with Crippen LogP contribution in [0.5, 0.6) is 0 Å². The monoisotopic (exact) mass is 190 g/mol. The van der Waals surface area contributed by atoms with Crippen LogP contribution in [0.3, 0.4) is 0 Å². The molecule has 1 aromatic rings. The molecule has 2 rings (SSSR count). The summed E-state index contributed by atoms with van der Waals surface area (Å²) in [7, 11) is 0. The van der Waals surface area contributed by atoms with Crippen LogP contribution in [-0.4, -0.2) is 21.5 Å². The highest BCUT2D eigenvalue weighted by atomic mass is 32.2. The Balaban J connectivity index is 2.50. The molecule has 10 heavy (non-hydrogen) atoms. The highest BCUT2D eigenvalue weighted by Gasteiger charge is 2.11. The molecule has 0 bridgehead atoms. The van der Waals surface area contributed by atoms with Gasteiger partial charge in [-0.15, -0.1) is 23.5 Å². The van der Waals surface area contributed by atoms with Gasteiger partial charge >= 0.3 is 0 Å². The van der Waals surface area contributed by atoms with Gasteiger partial charge in [-0.1, -0.05) is 0 Å². The van der Waals surface area contributed by atoms with Crippen LogP contribution in [0.15, 0.2) is 10.1 Å². The highest BCUT2D eigenvalue weighted by Crippen LogP contribution is 2.33. The predicted octanol–water partition coefficient (Wildman–Crippen LogP) is 2.27. The summed E-state index contributed by atoms with van der Waals surface area (Å²) in [5.74, 6) is 2.36. The van der Waals surface area contributed by atoms with E-state index in [1.54, 1.807) is 0 Å². The van der Waals surface area contributed by atoms with Gasteiger partial charge in [-0.05, 0) is 12.2 Å². The van der Waals surface area contributed by atoms with Crippen LogP contribution in [0, 0.1) is 4.77 Å². The molecular weight excluding hydrogens is 184 g/mol. The fraction of sp³-hybridized carbons (Fsp3) is 0.400. The second kappa shape index (κ2) is 2.64. The second-order valence-electron chi connectivity index (χ2n) is 1.93. The van der Waals surface area contributed by atoms with E-state index < -0.39 is 0 Å². The molecule has 1 aliphatic heterocycles. The summed E-state index contributed by atoms with van der Waals surface area (Å²) in [6, 6.07) is 0. The van der Waals surface area contributed by atoms with Gasteiger partial charge in [0.25, 0.3) is 0 Å². The molecule has 0 fully saturated rings. The summed E-state index contributed by atoms with van der Waals surface area (Å²) in [4.78, 5) is 6.20. The highest BCUT2D eigenvalue weighted by molar-refractivity contribution is 8.05. The molecule has 0 aromatic carbocycles. The van der Waals surface area contributed by atoms with E-state index in [4.69, 9.17) is 12.2 Å². The van der Waals surface area contributed by atoms with Gasteiger partial charge in [0.1, 0.15) is 10.1 Å². The Hall–Kier alpha value is 0.130. The lowest BCUT2D eigenvalue weighted by Crippen LogP contribution is -1.91. The number of imidazole rings is 1. The number of H-pyrrole nitrogens is 2. The number of fused-ring (bicyclic) bond motifs is 1. The van der Waals surface area contributed by atoms with Crippen molar-refractivity contribution in [2.45, 2.75) is 10.1 Å². The molecule has 0 amide bonds. The maximum Gasteiger partial charge on any atom is 0.176 e. The molecule has 0 radical (unpaired) electrons. The normalized spacial score (nSPS) is 16.8. The van der Waals surface area contributed by atoms with Crippen molar-refractivity contribution in [3.8, 4) is 0 Å². The molecule has 2 N–H and O–H groups in total. The maximum atomic E-state index is 4.94. The lowest BCUT2D eigenvalue weighted by atomic mass is 10.9. The summed E-state index contributed by atoms with van der Waals surface area (Å²) in [5, 5.41) is 2.42. The molecule has 1 aromatic heterocycles. The Morgan fingerprint density at radius 2 is 1.60 bits per heavy atom. The van der Waals surface area contributed by atoms with Crippen molar-refractivity contribution < 1.29 is 0 Å². The van der Waals surface area contributed by atoms with Crippen molar-refractivity contribution in [1.82, 2.24) is 9.97 Å². The van der Waals surface area contributed by atoms with Gasteiger partial charge in [0.2, 0.25) is 0 Å². The molecule has 0 unspecified atom stereocenters. The van der Waals surface area contributed by atoms with Crippen LogP contribution in [0.2, 0.25) is 0 Å². The van der Waals surface area contributed by atoms with E-state index in [0.29, 0.717) is 0 Å². The standard InChI is InChI=1S/C5H6N2S3/c8-5-6-3-4(7-5)10-2-1-9-3/h1-2H2,(H2,6,7,8). The van der Waals surface area contributed by atoms with E-state index >= 15 is 0 Å². The van der Waals surface area contributed by atoms with Crippen LogP contribution in [0.4, 0.5) is 0 Å². The summed E-state index contributed by atoms with van der Waals surface area (Å²) in [6.45, 7) is 0. The third-order valence-electron chi connectivity index (χ3n) is 1.24. The molecule has 2 heterocycles. The van der Waals surface area contributed by atoms with Crippen molar-refractivity contribution in [1.29, 1.82) is 0 Å². The predicted molar refractivity (Wildman–Crippen MR) is 47.4 cm³/mol. The van der Waals surface area contributed by atoms with E-state index in [0.717, 1.165) is 4.77 Å². The third kappa shape index (κ3) is 1.13. The first-order chi connectivity index (χ1) is 4.86. The first-order valence-corrected chi connectivity index (χ1v) is 5.32. The van der Waals surface area contributed by atoms with E-state index in [-0.39, 0.29) is 0 Å². The summed E-state index contributed by atoms with van der Waals surface area (Å²) in [5.41, 5.74) is 0. The van der Waals surface area contributed by atoms with Gasteiger partial charge < -0.3 is 9.97 Å². The van der Waals surface area contributed by atoms with Crippen molar-refractivity contribution >= 4 is 35.7 Å². The summed E-state index contributed by atoms with van der Waals surface area (Å²) < 4.78 is 0.743. The fourth-order valence-electron chi connectivity index (χ4n) is 0.842. The number of nitrogens with one attached hydrogen (secondary N) is 2. The Kier molecular flexibility index (Phi) is 1.80. The molecule has 0 saturated carbocycles. The number of hydrogen-bond acceptors (Lipinski definition) is 3. The van der Waals surface area contributed by atoms with Crippen LogP contribution >= 0.6 is 35.7 Å². The van der Waals surface area contributed by atoms with E-state index in [2.05, 4.69) is 9.97 Å². The largest absolute Gasteiger partial charge is 0.325 e. The average Bonchev–Trinajstić information content (AvgIpc) is 2.27. The minimum Gasteiger partial charge on any atom is -0.325 e. The van der Waals surface area contributed by atoms with E-state index in [9.17, 15) is 0 Å². The second-order valence-corrected chi connectivity index (χ2v) is 4.55. The number of thioether (sulfide) groups is 2. The van der Waals surface area contributed by atoms with Gasteiger partial charge in [0.15, 0.2) is 4.77 Å². The number of rotatable bonds is 0. The summed E-state index contributed by atoms with van der Waals surface area (Å²) in [6.07, 6.45) is 0. The molecule has 54 valence electrons. The molecule has 5 heteroatoms. The lowest BCUT2D eigenvalue weighted by Gasteiger charge is -2.06. The SMILES string of the molecule is S=c1[nH]c2c([nH]1)SCCS2. The first kappa shape index (κ1) is 6.82. The number of aromatic amines is 2. The van der Waals surface area contributed by atoms with Crippen LogP contribution in [-0.2, 0) is 0 Å². The first-order valence-electron chi connectivity index (χ1n) is 2.94. The number of hydrogen-bond donors (Lipinski definition) is 2. The topological polar surface area (TPSA) is 31.6 Å². The Morgan fingerprint density at radius 1 is 1.10 bits per heavy atom. The summed E-state index contributed by atoms with van der Waals surface area (Å²) >= 11 is 8.61.